The second-order valence-electron chi connectivity index (χ2n) is 12.8. The lowest BCUT2D eigenvalue weighted by Crippen LogP contribution is -2.54. The van der Waals surface area contributed by atoms with E-state index in [1.807, 2.05) is 82.3 Å². The van der Waals surface area contributed by atoms with Crippen LogP contribution in [0.3, 0.4) is 0 Å². The first-order valence-electron chi connectivity index (χ1n) is 13.5. The highest BCUT2D eigenvalue weighted by Gasteiger charge is 2.42. The van der Waals surface area contributed by atoms with Crippen molar-refractivity contribution in [3.05, 3.63) is 71.3 Å². The third kappa shape index (κ3) is 10.3. The van der Waals surface area contributed by atoms with E-state index in [4.69, 9.17) is 9.16 Å². The molecule has 1 amide bonds. The molecular weight excluding hydrogens is 494 g/mol. The molecule has 6 nitrogen and oxygen atoms in total. The first kappa shape index (κ1) is 31.6. The van der Waals surface area contributed by atoms with Crippen molar-refractivity contribution in [1.82, 2.24) is 5.32 Å². The molecule has 2 aromatic carbocycles. The van der Waals surface area contributed by atoms with Crippen LogP contribution in [0.4, 0.5) is 4.79 Å². The van der Waals surface area contributed by atoms with Crippen molar-refractivity contribution in [3.63, 3.8) is 0 Å². The summed E-state index contributed by atoms with van der Waals surface area (Å²) in [6.45, 7) is 18.3. The molecule has 0 aliphatic heterocycles. The predicted octanol–water partition coefficient (Wildman–Crippen LogP) is 7.15. The average molecular weight is 542 g/mol. The highest BCUT2D eigenvalue weighted by atomic mass is 28.4. The van der Waals surface area contributed by atoms with Crippen molar-refractivity contribution in [2.75, 3.05) is 0 Å². The first-order valence-corrected chi connectivity index (χ1v) is 16.4. The van der Waals surface area contributed by atoms with Gasteiger partial charge >= 0.3 is 12.1 Å². The molecular formula is C31H47NO5Si. The van der Waals surface area contributed by atoms with Gasteiger partial charge in [-0.15, -0.1) is 0 Å². The molecule has 0 fully saturated rings. The molecule has 0 aromatic heterocycles. The number of amides is 1. The van der Waals surface area contributed by atoms with Gasteiger partial charge in [-0.25, -0.2) is 4.79 Å². The van der Waals surface area contributed by atoms with Crippen molar-refractivity contribution >= 4 is 20.4 Å². The van der Waals surface area contributed by atoms with Crippen molar-refractivity contribution in [1.29, 1.82) is 0 Å². The molecule has 0 saturated carbocycles. The largest absolute Gasteiger partial charge is 0.481 e. The molecule has 0 aliphatic carbocycles. The van der Waals surface area contributed by atoms with Gasteiger partial charge in [0, 0.05) is 0 Å². The summed E-state index contributed by atoms with van der Waals surface area (Å²) >= 11 is 0. The van der Waals surface area contributed by atoms with Gasteiger partial charge in [-0.2, -0.15) is 0 Å². The Morgan fingerprint density at radius 1 is 0.921 bits per heavy atom. The molecule has 0 aliphatic rings. The van der Waals surface area contributed by atoms with Gasteiger partial charge in [0.05, 0.1) is 18.1 Å². The molecule has 0 radical (unpaired) electrons. The number of hydrogen-bond donors (Lipinski definition) is 2. The molecule has 38 heavy (non-hydrogen) atoms. The van der Waals surface area contributed by atoms with Crippen molar-refractivity contribution in [2.24, 2.45) is 5.92 Å². The number of carbonyl (C=O) groups is 2. The van der Waals surface area contributed by atoms with E-state index in [-0.39, 0.29) is 11.5 Å². The van der Waals surface area contributed by atoms with Crippen LogP contribution in [0, 0.1) is 12.8 Å². The minimum Gasteiger partial charge on any atom is -0.481 e. The Morgan fingerprint density at radius 3 is 2.05 bits per heavy atom. The summed E-state index contributed by atoms with van der Waals surface area (Å²) < 4.78 is 12.5. The van der Waals surface area contributed by atoms with E-state index < -0.39 is 44.0 Å². The van der Waals surface area contributed by atoms with Crippen molar-refractivity contribution < 1.29 is 23.9 Å². The summed E-state index contributed by atoms with van der Waals surface area (Å²) in [5, 5.41) is 13.2. The van der Waals surface area contributed by atoms with Gasteiger partial charge < -0.3 is 19.6 Å². The fourth-order valence-corrected chi connectivity index (χ4v) is 5.50. The molecule has 0 saturated heterocycles. The van der Waals surface area contributed by atoms with Crippen LogP contribution in [0.15, 0.2) is 54.6 Å². The number of alkyl carbamates (subject to hydrolysis) is 1. The zero-order chi connectivity index (χ0) is 28.7. The van der Waals surface area contributed by atoms with Gasteiger partial charge in [0.1, 0.15) is 5.60 Å². The van der Waals surface area contributed by atoms with Crippen LogP contribution >= 0.6 is 0 Å². The second-order valence-corrected chi connectivity index (χ2v) is 17.6. The maximum absolute atomic E-state index is 13.0. The number of aryl methyl sites for hydroxylation is 1. The van der Waals surface area contributed by atoms with Crippen molar-refractivity contribution in [3.8, 4) is 0 Å². The zero-order valence-electron chi connectivity index (χ0n) is 24.6. The smallest absolute Gasteiger partial charge is 0.407 e. The van der Waals surface area contributed by atoms with Crippen LogP contribution in [0.25, 0.3) is 0 Å². The lowest BCUT2D eigenvalue weighted by atomic mass is 9.89. The quantitative estimate of drug-likeness (QED) is 0.295. The maximum atomic E-state index is 13.0. The van der Waals surface area contributed by atoms with E-state index in [1.54, 1.807) is 0 Å². The van der Waals surface area contributed by atoms with Gasteiger partial charge in [-0.3, -0.25) is 4.79 Å². The lowest BCUT2D eigenvalue weighted by Gasteiger charge is -2.42. The second kappa shape index (κ2) is 12.9. The summed E-state index contributed by atoms with van der Waals surface area (Å²) in [7, 11) is -2.33. The maximum Gasteiger partial charge on any atom is 0.407 e. The van der Waals surface area contributed by atoms with Crippen LogP contribution in [0.2, 0.25) is 18.1 Å². The number of ether oxygens (including phenoxy) is 1. The van der Waals surface area contributed by atoms with Gasteiger partial charge in [-0.05, 0) is 76.2 Å². The molecule has 2 N–H and O–H groups in total. The Labute approximate surface area is 230 Å². The van der Waals surface area contributed by atoms with Crippen molar-refractivity contribution in [2.45, 2.75) is 104 Å². The lowest BCUT2D eigenvalue weighted by molar-refractivity contribution is -0.142. The molecule has 0 spiro atoms. The van der Waals surface area contributed by atoms with Crippen LogP contribution in [0.1, 0.15) is 64.7 Å². The SMILES string of the molecule is Cc1cccc(C[C@H](C[C@H](O[Si](C)(C)C(C)(C)C)[C@H](Cc2ccccc2)NC(=O)OC(C)(C)C)C(=O)O)c1. The highest BCUT2D eigenvalue weighted by Crippen LogP contribution is 2.39. The van der Waals surface area contributed by atoms with Gasteiger partial charge in [-0.1, -0.05) is 80.9 Å². The van der Waals surface area contributed by atoms with E-state index in [0.29, 0.717) is 12.8 Å². The van der Waals surface area contributed by atoms with Crippen LogP contribution in [0.5, 0.6) is 0 Å². The Kier molecular flexibility index (Phi) is 10.8. The monoisotopic (exact) mass is 541 g/mol. The number of nitrogens with one attached hydrogen (secondary N) is 1. The van der Waals surface area contributed by atoms with Gasteiger partial charge in [0.15, 0.2) is 8.32 Å². The summed E-state index contributed by atoms with van der Waals surface area (Å²) in [6.07, 6.45) is 0.0975. The highest BCUT2D eigenvalue weighted by molar-refractivity contribution is 6.74. The number of aliphatic carboxylic acids is 1. The molecule has 2 aromatic rings. The predicted molar refractivity (Wildman–Crippen MR) is 156 cm³/mol. The minimum absolute atomic E-state index is 0.0935. The molecule has 210 valence electrons. The van der Waals surface area contributed by atoms with E-state index in [9.17, 15) is 14.7 Å². The molecule has 3 atom stereocenters. The van der Waals surface area contributed by atoms with Crippen LogP contribution < -0.4 is 5.32 Å². The minimum atomic E-state index is -2.33. The van der Waals surface area contributed by atoms with Gasteiger partial charge in [0.2, 0.25) is 0 Å². The molecule has 2 rings (SSSR count). The third-order valence-corrected chi connectivity index (χ3v) is 11.6. The van der Waals surface area contributed by atoms with E-state index in [2.05, 4.69) is 39.2 Å². The molecule has 7 heteroatoms. The Bertz CT molecular complexity index is 1060. The average Bonchev–Trinajstić information content (AvgIpc) is 2.76. The zero-order valence-corrected chi connectivity index (χ0v) is 25.6. The molecule has 0 heterocycles. The number of rotatable bonds is 11. The van der Waals surface area contributed by atoms with Crippen LogP contribution in [-0.2, 0) is 26.8 Å². The van der Waals surface area contributed by atoms with E-state index in [0.717, 1.165) is 16.7 Å². The molecule has 0 unspecified atom stereocenters. The number of carboxylic acids is 1. The first-order chi connectivity index (χ1) is 17.5. The standard InChI is InChI=1S/C31H47NO5Si/c1-22-14-13-17-24(18-22)19-25(28(33)34)21-27(37-38(8,9)31(5,6)7)26(20-23-15-11-10-12-16-23)32-29(35)36-30(2,3)4/h10-18,25-27H,19-21H2,1-9H3,(H,32,35)(H,33,34)/t25-,26+,27+/m1/s1. The fourth-order valence-electron chi connectivity index (χ4n) is 4.13. The number of carbonyl (C=O) groups excluding carboxylic acids is 1. The summed E-state index contributed by atoms with van der Waals surface area (Å²) in [5.74, 6) is -1.55. The summed E-state index contributed by atoms with van der Waals surface area (Å²) in [6, 6.07) is 17.4. The number of benzene rings is 2. The Balaban J connectivity index is 2.48. The number of carboxylic acid groups (broad SMARTS) is 1. The van der Waals surface area contributed by atoms with E-state index >= 15 is 0 Å². The van der Waals surface area contributed by atoms with Crippen LogP contribution in [-0.4, -0.2) is 43.2 Å². The summed E-state index contributed by atoms with van der Waals surface area (Å²) in [4.78, 5) is 25.5. The topological polar surface area (TPSA) is 84.9 Å². The Morgan fingerprint density at radius 2 is 1.53 bits per heavy atom. The van der Waals surface area contributed by atoms with Gasteiger partial charge in [0.25, 0.3) is 0 Å². The number of hydrogen-bond acceptors (Lipinski definition) is 4. The fraction of sp³-hybridized carbons (Fsp3) is 0.548. The summed E-state index contributed by atoms with van der Waals surface area (Å²) in [5.41, 5.74) is 2.44. The molecule has 0 bridgehead atoms. The normalized spacial score (nSPS) is 14.9. The van der Waals surface area contributed by atoms with E-state index in [1.165, 1.54) is 0 Å². The Hall–Kier alpha value is -2.64. The third-order valence-electron chi connectivity index (χ3n) is 7.13.